The van der Waals surface area contributed by atoms with Crippen LogP contribution in [-0.4, -0.2) is 17.1 Å². The molecular formula is C14H19Cl2NO2. The van der Waals surface area contributed by atoms with Gasteiger partial charge in [0.2, 0.25) is 0 Å². The van der Waals surface area contributed by atoms with Crippen molar-refractivity contribution < 1.29 is 9.53 Å². The molecule has 0 radical (unpaired) electrons. The number of carbonyl (C=O) groups excluding carboxylic acids is 1. The number of halogens is 2. The molecule has 0 aliphatic heterocycles. The van der Waals surface area contributed by atoms with Crippen molar-refractivity contribution in [3.63, 3.8) is 0 Å². The normalized spacial score (nSPS) is 14.9. The van der Waals surface area contributed by atoms with Gasteiger partial charge in [-0.3, -0.25) is 4.79 Å². The summed E-state index contributed by atoms with van der Waals surface area (Å²) < 4.78 is 5.31. The number of ether oxygens (including phenoxy) is 1. The molecule has 106 valence electrons. The van der Waals surface area contributed by atoms with E-state index in [1.165, 1.54) is 0 Å². The van der Waals surface area contributed by atoms with Gasteiger partial charge in [0.15, 0.2) is 0 Å². The average molecular weight is 304 g/mol. The van der Waals surface area contributed by atoms with Crippen LogP contribution in [0.3, 0.4) is 0 Å². The van der Waals surface area contributed by atoms with Gasteiger partial charge in [-0.15, -0.1) is 0 Å². The zero-order chi connectivity index (χ0) is 14.8. The summed E-state index contributed by atoms with van der Waals surface area (Å²) in [5.74, 6) is -0.453. The fourth-order valence-electron chi connectivity index (χ4n) is 1.53. The quantitative estimate of drug-likeness (QED) is 0.868. The molecule has 1 rings (SSSR count). The lowest BCUT2D eigenvalue weighted by Crippen LogP contribution is -2.50. The minimum atomic E-state index is -1.13. The first-order valence-electron chi connectivity index (χ1n) is 5.97. The Balaban J connectivity index is 2.87. The molecule has 1 aromatic rings. The Labute approximate surface area is 124 Å². The van der Waals surface area contributed by atoms with Gasteiger partial charge in [0, 0.05) is 16.5 Å². The molecule has 2 N–H and O–H groups in total. The number of hydrogen-bond acceptors (Lipinski definition) is 3. The molecule has 0 unspecified atom stereocenters. The molecule has 5 heteroatoms. The van der Waals surface area contributed by atoms with Crippen LogP contribution in [0.25, 0.3) is 0 Å². The molecule has 0 aliphatic carbocycles. The van der Waals surface area contributed by atoms with E-state index in [2.05, 4.69) is 0 Å². The van der Waals surface area contributed by atoms with Crippen molar-refractivity contribution in [2.24, 2.45) is 5.73 Å². The van der Waals surface area contributed by atoms with E-state index in [-0.39, 0.29) is 6.42 Å². The van der Waals surface area contributed by atoms with Gasteiger partial charge in [-0.05, 0) is 45.4 Å². The zero-order valence-corrected chi connectivity index (χ0v) is 13.1. The second-order valence-corrected chi connectivity index (χ2v) is 6.68. The SMILES string of the molecule is CC(C)(C)OC(=O)[C@@](C)(N)Cc1ccc(Cl)cc1Cl. The third-order valence-corrected chi connectivity index (χ3v) is 3.02. The number of rotatable bonds is 3. The van der Waals surface area contributed by atoms with Gasteiger partial charge < -0.3 is 10.5 Å². The van der Waals surface area contributed by atoms with Crippen molar-refractivity contribution in [2.75, 3.05) is 0 Å². The lowest BCUT2D eigenvalue weighted by atomic mass is 9.93. The molecule has 0 heterocycles. The molecule has 0 amide bonds. The molecule has 0 saturated carbocycles. The average Bonchev–Trinajstić information content (AvgIpc) is 2.19. The van der Waals surface area contributed by atoms with E-state index in [1.54, 1.807) is 45.9 Å². The topological polar surface area (TPSA) is 52.3 Å². The third kappa shape index (κ3) is 5.01. The van der Waals surface area contributed by atoms with Gasteiger partial charge in [0.05, 0.1) is 0 Å². The lowest BCUT2D eigenvalue weighted by Gasteiger charge is -2.28. The molecule has 0 bridgehead atoms. The zero-order valence-electron chi connectivity index (χ0n) is 11.6. The van der Waals surface area contributed by atoms with Crippen molar-refractivity contribution in [2.45, 2.75) is 45.3 Å². The minimum absolute atomic E-state index is 0.290. The van der Waals surface area contributed by atoms with Gasteiger partial charge in [-0.2, -0.15) is 0 Å². The van der Waals surface area contributed by atoms with Crippen LogP contribution in [-0.2, 0) is 16.0 Å². The van der Waals surface area contributed by atoms with Crippen LogP contribution in [0.4, 0.5) is 0 Å². The van der Waals surface area contributed by atoms with E-state index in [0.29, 0.717) is 10.0 Å². The number of benzene rings is 1. The van der Waals surface area contributed by atoms with E-state index in [1.807, 2.05) is 0 Å². The van der Waals surface area contributed by atoms with E-state index >= 15 is 0 Å². The van der Waals surface area contributed by atoms with Crippen molar-refractivity contribution in [1.29, 1.82) is 0 Å². The number of hydrogen-bond donors (Lipinski definition) is 1. The summed E-state index contributed by atoms with van der Waals surface area (Å²) in [6.07, 6.45) is 0.290. The number of esters is 1. The lowest BCUT2D eigenvalue weighted by molar-refractivity contribution is -0.160. The van der Waals surface area contributed by atoms with Crippen molar-refractivity contribution in [1.82, 2.24) is 0 Å². The van der Waals surface area contributed by atoms with Gasteiger partial charge in [0.25, 0.3) is 0 Å². The molecule has 1 atom stereocenters. The maximum Gasteiger partial charge on any atom is 0.326 e. The Kier molecular flexibility index (Phi) is 4.88. The summed E-state index contributed by atoms with van der Waals surface area (Å²) in [6, 6.07) is 5.11. The molecule has 0 aliphatic rings. The fraction of sp³-hybridized carbons (Fsp3) is 0.500. The van der Waals surface area contributed by atoms with Gasteiger partial charge >= 0.3 is 5.97 Å². The molecule has 3 nitrogen and oxygen atoms in total. The highest BCUT2D eigenvalue weighted by atomic mass is 35.5. The Morgan fingerprint density at radius 1 is 1.26 bits per heavy atom. The molecular weight excluding hydrogens is 285 g/mol. The maximum absolute atomic E-state index is 12.0. The van der Waals surface area contributed by atoms with Gasteiger partial charge in [-0.25, -0.2) is 0 Å². The van der Waals surface area contributed by atoms with Gasteiger partial charge in [0.1, 0.15) is 11.1 Å². The summed E-state index contributed by atoms with van der Waals surface area (Å²) in [4.78, 5) is 12.0. The highest BCUT2D eigenvalue weighted by Gasteiger charge is 2.33. The molecule has 0 saturated heterocycles. The first-order chi connectivity index (χ1) is 8.51. The van der Waals surface area contributed by atoms with E-state index in [9.17, 15) is 4.79 Å². The van der Waals surface area contributed by atoms with Crippen molar-refractivity contribution >= 4 is 29.2 Å². The predicted molar refractivity (Wildman–Crippen MR) is 78.6 cm³/mol. The Hall–Kier alpha value is -0.770. The largest absolute Gasteiger partial charge is 0.459 e. The molecule has 0 aromatic heterocycles. The predicted octanol–water partition coefficient (Wildman–Crippen LogP) is 3.60. The molecule has 0 fully saturated rings. The van der Waals surface area contributed by atoms with E-state index in [0.717, 1.165) is 5.56 Å². The van der Waals surface area contributed by atoms with Crippen LogP contribution in [0.5, 0.6) is 0 Å². The van der Waals surface area contributed by atoms with Crippen LogP contribution in [0.2, 0.25) is 10.0 Å². The van der Waals surface area contributed by atoms with Crippen molar-refractivity contribution in [3.8, 4) is 0 Å². The number of carbonyl (C=O) groups is 1. The van der Waals surface area contributed by atoms with E-state index in [4.69, 9.17) is 33.7 Å². The minimum Gasteiger partial charge on any atom is -0.459 e. The van der Waals surface area contributed by atoms with Crippen molar-refractivity contribution in [3.05, 3.63) is 33.8 Å². The number of nitrogens with two attached hydrogens (primary N) is 1. The second-order valence-electron chi connectivity index (χ2n) is 5.83. The second kappa shape index (κ2) is 5.70. The standard InChI is InChI=1S/C14H19Cl2NO2/c1-13(2,3)19-12(18)14(4,17)8-9-5-6-10(15)7-11(9)16/h5-7H,8,17H2,1-4H3/t14-/m0/s1. The maximum atomic E-state index is 12.0. The van der Waals surface area contributed by atoms with Crippen LogP contribution in [0, 0.1) is 0 Å². The molecule has 1 aromatic carbocycles. The van der Waals surface area contributed by atoms with Gasteiger partial charge in [-0.1, -0.05) is 29.3 Å². The first kappa shape index (κ1) is 16.3. The van der Waals surface area contributed by atoms with E-state index < -0.39 is 17.1 Å². The smallest absolute Gasteiger partial charge is 0.326 e. The molecule has 0 spiro atoms. The summed E-state index contributed by atoms with van der Waals surface area (Å²) in [5, 5.41) is 1.04. The Morgan fingerprint density at radius 2 is 1.84 bits per heavy atom. The molecule has 19 heavy (non-hydrogen) atoms. The van der Waals surface area contributed by atoms with Crippen LogP contribution >= 0.6 is 23.2 Å². The van der Waals surface area contributed by atoms with Crippen LogP contribution in [0.1, 0.15) is 33.3 Å². The third-order valence-electron chi connectivity index (χ3n) is 2.44. The van der Waals surface area contributed by atoms with Crippen LogP contribution < -0.4 is 5.73 Å². The Morgan fingerprint density at radius 3 is 2.32 bits per heavy atom. The monoisotopic (exact) mass is 303 g/mol. The highest BCUT2D eigenvalue weighted by molar-refractivity contribution is 6.35. The first-order valence-corrected chi connectivity index (χ1v) is 6.73. The fourth-order valence-corrected chi connectivity index (χ4v) is 2.00. The summed E-state index contributed by atoms with van der Waals surface area (Å²) in [7, 11) is 0. The summed E-state index contributed by atoms with van der Waals surface area (Å²) >= 11 is 11.9. The summed E-state index contributed by atoms with van der Waals surface area (Å²) in [5.41, 5.74) is 5.10. The Bertz CT molecular complexity index is 479. The van der Waals surface area contributed by atoms with Crippen LogP contribution in [0.15, 0.2) is 18.2 Å². The summed E-state index contributed by atoms with van der Waals surface area (Å²) in [6.45, 7) is 7.04. The highest BCUT2D eigenvalue weighted by Crippen LogP contribution is 2.25.